The number of nitrogens with zero attached hydrogens (tertiary/aromatic N) is 1. The van der Waals surface area contributed by atoms with Crippen LogP contribution in [0.5, 0.6) is 5.75 Å². The molecular formula is C28H28N2O4S. The number of amides is 1. The van der Waals surface area contributed by atoms with E-state index in [4.69, 9.17) is 4.74 Å². The second-order valence-electron chi connectivity index (χ2n) is 8.29. The van der Waals surface area contributed by atoms with E-state index < -0.39 is 15.9 Å². The quantitative estimate of drug-likeness (QED) is 0.342. The standard InChI is InChI=1S/C28H28N2O4S/c1-21-14-16-24(17-15-21)35(32,33)30(26-12-6-3-8-22(26)2)20-28(31)29-18-19-34-27-13-7-10-23-9-4-5-11-25(23)27/h3-17H,18-20H2,1-2H3,(H,29,31). The van der Waals surface area contributed by atoms with Crippen molar-refractivity contribution in [3.63, 3.8) is 0 Å². The first-order valence-electron chi connectivity index (χ1n) is 11.4. The van der Waals surface area contributed by atoms with E-state index >= 15 is 0 Å². The van der Waals surface area contributed by atoms with Gasteiger partial charge in [0.25, 0.3) is 10.0 Å². The van der Waals surface area contributed by atoms with Crippen molar-refractivity contribution in [2.75, 3.05) is 24.0 Å². The van der Waals surface area contributed by atoms with E-state index in [-0.39, 0.29) is 24.6 Å². The molecule has 4 aromatic carbocycles. The molecule has 0 aliphatic heterocycles. The first-order valence-corrected chi connectivity index (χ1v) is 12.8. The van der Waals surface area contributed by atoms with Crippen LogP contribution in [0.1, 0.15) is 11.1 Å². The molecule has 1 amide bonds. The Kier molecular flexibility index (Phi) is 7.36. The Morgan fingerprint density at radius 3 is 2.31 bits per heavy atom. The molecule has 180 valence electrons. The maximum Gasteiger partial charge on any atom is 0.264 e. The lowest BCUT2D eigenvalue weighted by Gasteiger charge is -2.25. The SMILES string of the molecule is Cc1ccc(S(=O)(=O)N(CC(=O)NCCOc2cccc3ccccc23)c2ccccc2C)cc1. The van der Waals surface area contributed by atoms with Gasteiger partial charge in [-0.3, -0.25) is 9.10 Å². The minimum atomic E-state index is -3.95. The molecule has 0 heterocycles. The monoisotopic (exact) mass is 488 g/mol. The van der Waals surface area contributed by atoms with E-state index in [2.05, 4.69) is 5.32 Å². The molecule has 7 heteroatoms. The van der Waals surface area contributed by atoms with Crippen molar-refractivity contribution in [1.82, 2.24) is 5.32 Å². The number of rotatable bonds is 9. The number of fused-ring (bicyclic) bond motifs is 1. The van der Waals surface area contributed by atoms with E-state index in [9.17, 15) is 13.2 Å². The van der Waals surface area contributed by atoms with Crippen LogP contribution in [-0.2, 0) is 14.8 Å². The zero-order valence-corrected chi connectivity index (χ0v) is 20.6. The Balaban J connectivity index is 1.45. The fraction of sp³-hybridized carbons (Fsp3) is 0.179. The van der Waals surface area contributed by atoms with E-state index in [1.807, 2.05) is 68.4 Å². The van der Waals surface area contributed by atoms with Crippen molar-refractivity contribution in [3.05, 3.63) is 102 Å². The second-order valence-corrected chi connectivity index (χ2v) is 10.1. The molecule has 0 fully saturated rings. The summed E-state index contributed by atoms with van der Waals surface area (Å²) in [7, 11) is -3.95. The highest BCUT2D eigenvalue weighted by Crippen LogP contribution is 2.27. The molecule has 1 N–H and O–H groups in total. The van der Waals surface area contributed by atoms with Gasteiger partial charge in [0, 0.05) is 5.39 Å². The summed E-state index contributed by atoms with van der Waals surface area (Å²) in [5.41, 5.74) is 2.18. The molecule has 0 spiro atoms. The summed E-state index contributed by atoms with van der Waals surface area (Å²) in [5, 5.41) is 4.85. The number of benzene rings is 4. The average Bonchev–Trinajstić information content (AvgIpc) is 2.86. The minimum Gasteiger partial charge on any atom is -0.491 e. The first kappa shape index (κ1) is 24.3. The molecule has 0 saturated heterocycles. The first-order chi connectivity index (χ1) is 16.9. The number of para-hydroxylation sites is 1. The number of hydrogen-bond acceptors (Lipinski definition) is 4. The fourth-order valence-electron chi connectivity index (χ4n) is 3.84. The maximum atomic E-state index is 13.5. The van der Waals surface area contributed by atoms with Gasteiger partial charge in [0.1, 0.15) is 18.9 Å². The summed E-state index contributed by atoms with van der Waals surface area (Å²) in [6.45, 7) is 3.88. The third-order valence-corrected chi connectivity index (χ3v) is 7.49. The number of hydrogen-bond donors (Lipinski definition) is 1. The lowest BCUT2D eigenvalue weighted by Crippen LogP contribution is -2.42. The van der Waals surface area contributed by atoms with Crippen LogP contribution in [0.4, 0.5) is 5.69 Å². The van der Waals surface area contributed by atoms with Gasteiger partial charge in [0.15, 0.2) is 0 Å². The molecule has 0 saturated carbocycles. The Morgan fingerprint density at radius 1 is 0.857 bits per heavy atom. The number of carbonyl (C=O) groups excluding carboxylic acids is 1. The topological polar surface area (TPSA) is 75.7 Å². The number of sulfonamides is 1. The highest BCUT2D eigenvalue weighted by atomic mass is 32.2. The van der Waals surface area contributed by atoms with Crippen LogP contribution >= 0.6 is 0 Å². The van der Waals surface area contributed by atoms with Crippen molar-refractivity contribution < 1.29 is 17.9 Å². The van der Waals surface area contributed by atoms with Crippen molar-refractivity contribution in [1.29, 1.82) is 0 Å². The van der Waals surface area contributed by atoms with Gasteiger partial charge in [0.2, 0.25) is 5.91 Å². The van der Waals surface area contributed by atoms with Crippen LogP contribution < -0.4 is 14.4 Å². The van der Waals surface area contributed by atoms with E-state index in [0.717, 1.165) is 32.0 Å². The Labute approximate surface area is 206 Å². The predicted octanol–water partition coefficient (Wildman–Crippen LogP) is 4.85. The van der Waals surface area contributed by atoms with Gasteiger partial charge < -0.3 is 10.1 Å². The second kappa shape index (κ2) is 10.6. The molecule has 0 unspecified atom stereocenters. The fourth-order valence-corrected chi connectivity index (χ4v) is 5.33. The molecule has 0 atom stereocenters. The highest BCUT2D eigenvalue weighted by molar-refractivity contribution is 7.92. The molecule has 35 heavy (non-hydrogen) atoms. The third-order valence-electron chi connectivity index (χ3n) is 5.71. The van der Waals surface area contributed by atoms with Crippen LogP contribution in [0.25, 0.3) is 10.8 Å². The lowest BCUT2D eigenvalue weighted by molar-refractivity contribution is -0.119. The summed E-state index contributed by atoms with van der Waals surface area (Å²) < 4.78 is 34.0. The van der Waals surface area contributed by atoms with Crippen LogP contribution in [0.15, 0.2) is 95.9 Å². The predicted molar refractivity (Wildman–Crippen MR) is 139 cm³/mol. The van der Waals surface area contributed by atoms with Gasteiger partial charge in [-0.15, -0.1) is 0 Å². The van der Waals surface area contributed by atoms with Gasteiger partial charge in [-0.25, -0.2) is 8.42 Å². The summed E-state index contributed by atoms with van der Waals surface area (Å²) >= 11 is 0. The number of carbonyl (C=O) groups is 1. The number of aryl methyl sites for hydroxylation is 2. The normalized spacial score (nSPS) is 11.3. The van der Waals surface area contributed by atoms with E-state index in [1.54, 1.807) is 36.4 Å². The molecular weight excluding hydrogens is 460 g/mol. The van der Waals surface area contributed by atoms with Crippen molar-refractivity contribution >= 4 is 32.4 Å². The smallest absolute Gasteiger partial charge is 0.264 e. The summed E-state index contributed by atoms with van der Waals surface area (Å²) in [5.74, 6) is 0.325. The van der Waals surface area contributed by atoms with Gasteiger partial charge in [-0.05, 0) is 49.1 Å². The van der Waals surface area contributed by atoms with Gasteiger partial charge in [-0.2, -0.15) is 0 Å². The molecule has 0 bridgehead atoms. The van der Waals surface area contributed by atoms with Crippen LogP contribution in [0.2, 0.25) is 0 Å². The molecule has 0 aliphatic carbocycles. The Bertz CT molecular complexity index is 1430. The van der Waals surface area contributed by atoms with Crippen molar-refractivity contribution in [3.8, 4) is 5.75 Å². The summed E-state index contributed by atoms with van der Waals surface area (Å²) in [4.78, 5) is 13.0. The minimum absolute atomic E-state index is 0.137. The third kappa shape index (κ3) is 5.63. The van der Waals surface area contributed by atoms with Crippen molar-refractivity contribution in [2.45, 2.75) is 18.7 Å². The number of anilines is 1. The summed E-state index contributed by atoms with van der Waals surface area (Å²) in [6.07, 6.45) is 0. The van der Waals surface area contributed by atoms with Gasteiger partial charge in [-0.1, -0.05) is 72.3 Å². The Hall–Kier alpha value is -3.84. The molecule has 0 aliphatic rings. The lowest BCUT2D eigenvalue weighted by atomic mass is 10.1. The van der Waals surface area contributed by atoms with E-state index in [1.165, 1.54) is 0 Å². The van der Waals surface area contributed by atoms with Crippen LogP contribution in [0, 0.1) is 13.8 Å². The van der Waals surface area contributed by atoms with Gasteiger partial charge in [0.05, 0.1) is 17.1 Å². The molecule has 4 aromatic rings. The zero-order chi connectivity index (χ0) is 24.8. The van der Waals surface area contributed by atoms with Gasteiger partial charge >= 0.3 is 0 Å². The Morgan fingerprint density at radius 2 is 1.54 bits per heavy atom. The van der Waals surface area contributed by atoms with Crippen molar-refractivity contribution in [2.24, 2.45) is 0 Å². The summed E-state index contributed by atoms with van der Waals surface area (Å²) in [6, 6.07) is 27.5. The zero-order valence-electron chi connectivity index (χ0n) is 19.8. The molecule has 4 rings (SSSR count). The average molecular weight is 489 g/mol. The molecule has 0 aromatic heterocycles. The van der Waals surface area contributed by atoms with Crippen LogP contribution in [-0.4, -0.2) is 34.0 Å². The highest BCUT2D eigenvalue weighted by Gasteiger charge is 2.28. The largest absolute Gasteiger partial charge is 0.491 e. The molecule has 0 radical (unpaired) electrons. The maximum absolute atomic E-state index is 13.5. The molecule has 6 nitrogen and oxygen atoms in total. The van der Waals surface area contributed by atoms with E-state index in [0.29, 0.717) is 5.69 Å². The van der Waals surface area contributed by atoms with Crippen LogP contribution in [0.3, 0.4) is 0 Å². The number of nitrogens with one attached hydrogen (secondary N) is 1. The number of ether oxygens (including phenoxy) is 1.